The van der Waals surface area contributed by atoms with Crippen molar-refractivity contribution < 1.29 is 31.9 Å². The van der Waals surface area contributed by atoms with E-state index in [9.17, 15) is 27.6 Å². The molecule has 0 radical (unpaired) electrons. The fourth-order valence-corrected chi connectivity index (χ4v) is 5.75. The van der Waals surface area contributed by atoms with Crippen LogP contribution in [0.1, 0.15) is 28.4 Å². The smallest absolute Gasteiger partial charge is 0.416 e. The van der Waals surface area contributed by atoms with Crippen LogP contribution in [0, 0.1) is 17.7 Å². The number of halogens is 4. The molecular formula is C30H30F4N4O4. The number of anilines is 1. The van der Waals surface area contributed by atoms with Gasteiger partial charge in [-0.05, 0) is 61.2 Å². The molecule has 2 aromatic carbocycles. The number of aromatic nitrogens is 1. The minimum Gasteiger partial charge on any atom is -0.493 e. The van der Waals surface area contributed by atoms with Crippen LogP contribution in [0.15, 0.2) is 53.5 Å². The highest BCUT2D eigenvalue weighted by atomic mass is 19.4. The molecule has 0 spiro atoms. The molecule has 2 amide bonds. The zero-order chi connectivity index (χ0) is 30.2. The summed E-state index contributed by atoms with van der Waals surface area (Å²) in [4.78, 5) is 43.9. The van der Waals surface area contributed by atoms with Crippen molar-refractivity contribution in [2.45, 2.75) is 19.5 Å². The molecule has 2 aliphatic rings. The molecule has 2 saturated heterocycles. The van der Waals surface area contributed by atoms with Gasteiger partial charge in [-0.25, -0.2) is 4.39 Å². The predicted molar refractivity (Wildman–Crippen MR) is 148 cm³/mol. The van der Waals surface area contributed by atoms with Crippen molar-refractivity contribution in [3.63, 3.8) is 0 Å². The van der Waals surface area contributed by atoms with E-state index in [1.54, 1.807) is 17.9 Å². The number of ether oxygens (including phenoxy) is 1. The molecule has 5 rings (SSSR count). The Morgan fingerprint density at radius 3 is 2.40 bits per heavy atom. The summed E-state index contributed by atoms with van der Waals surface area (Å²) in [6.07, 6.45) is -3.81. The number of benzene rings is 2. The van der Waals surface area contributed by atoms with Gasteiger partial charge in [-0.1, -0.05) is 12.1 Å². The van der Waals surface area contributed by atoms with Gasteiger partial charge in [0.25, 0.3) is 11.5 Å². The molecule has 3 aromatic rings. The Balaban J connectivity index is 1.33. The van der Waals surface area contributed by atoms with Gasteiger partial charge in [0.1, 0.15) is 11.6 Å². The fourth-order valence-electron chi connectivity index (χ4n) is 5.75. The Bertz CT molecular complexity index is 1560. The molecule has 0 saturated carbocycles. The number of pyridine rings is 1. The van der Waals surface area contributed by atoms with Gasteiger partial charge in [0.2, 0.25) is 5.91 Å². The number of alkyl halides is 3. The Labute approximate surface area is 239 Å². The third-order valence-corrected chi connectivity index (χ3v) is 7.65. The topological polar surface area (TPSA) is 94.7 Å². The zero-order valence-corrected chi connectivity index (χ0v) is 23.1. The minimum atomic E-state index is -4.75. The van der Waals surface area contributed by atoms with E-state index in [4.69, 9.17) is 4.74 Å². The number of carbonyl (C=O) groups excluding carboxylic acids is 2. The predicted octanol–water partition coefficient (Wildman–Crippen LogP) is 4.41. The maximum absolute atomic E-state index is 15.0. The van der Waals surface area contributed by atoms with Gasteiger partial charge in [0.15, 0.2) is 0 Å². The molecule has 2 atom stereocenters. The summed E-state index contributed by atoms with van der Waals surface area (Å²) >= 11 is 0. The average Bonchev–Trinajstić information content (AvgIpc) is 3.46. The maximum atomic E-state index is 15.0. The van der Waals surface area contributed by atoms with E-state index in [0.717, 1.165) is 25.2 Å². The lowest BCUT2D eigenvalue weighted by Crippen LogP contribution is -2.32. The van der Waals surface area contributed by atoms with Gasteiger partial charge < -0.3 is 24.8 Å². The van der Waals surface area contributed by atoms with E-state index in [-0.39, 0.29) is 46.6 Å². The number of likely N-dealkylation sites (tertiary alicyclic amines) is 2. The van der Waals surface area contributed by atoms with E-state index >= 15 is 4.39 Å². The van der Waals surface area contributed by atoms with E-state index in [2.05, 4.69) is 15.2 Å². The van der Waals surface area contributed by atoms with E-state index < -0.39 is 35.8 Å². The van der Waals surface area contributed by atoms with Crippen molar-refractivity contribution in [1.82, 2.24) is 14.8 Å². The molecule has 0 bridgehead atoms. The van der Waals surface area contributed by atoms with Gasteiger partial charge in [0, 0.05) is 55.3 Å². The first-order valence-corrected chi connectivity index (χ1v) is 13.6. The van der Waals surface area contributed by atoms with Crippen molar-refractivity contribution in [2.75, 3.05) is 45.2 Å². The highest BCUT2D eigenvalue weighted by Crippen LogP contribution is 2.35. The van der Waals surface area contributed by atoms with Crippen LogP contribution in [-0.2, 0) is 17.4 Å². The molecule has 2 fully saturated rings. The number of rotatable bonds is 7. The van der Waals surface area contributed by atoms with Crippen molar-refractivity contribution in [2.24, 2.45) is 11.8 Å². The summed E-state index contributed by atoms with van der Waals surface area (Å²) in [6, 6.07) is 8.14. The monoisotopic (exact) mass is 586 g/mol. The number of nitrogens with one attached hydrogen (secondary N) is 2. The lowest BCUT2D eigenvalue weighted by Gasteiger charge is -2.21. The van der Waals surface area contributed by atoms with E-state index in [0.29, 0.717) is 24.2 Å². The molecule has 42 heavy (non-hydrogen) atoms. The Kier molecular flexibility index (Phi) is 8.09. The van der Waals surface area contributed by atoms with Crippen LogP contribution < -0.4 is 15.6 Å². The third-order valence-electron chi connectivity index (χ3n) is 7.65. The van der Waals surface area contributed by atoms with E-state index in [1.807, 2.05) is 7.05 Å². The molecule has 8 nitrogen and oxygen atoms in total. The first-order chi connectivity index (χ1) is 19.9. The number of fused-ring (bicyclic) bond motifs is 1. The first-order valence-electron chi connectivity index (χ1n) is 13.6. The molecule has 3 heterocycles. The van der Waals surface area contributed by atoms with E-state index in [1.165, 1.54) is 30.5 Å². The second kappa shape index (κ2) is 11.6. The largest absolute Gasteiger partial charge is 0.493 e. The quantitative estimate of drug-likeness (QED) is 0.400. The molecule has 12 heteroatoms. The third kappa shape index (κ3) is 6.33. The van der Waals surface area contributed by atoms with Crippen molar-refractivity contribution in [3.8, 4) is 16.9 Å². The van der Waals surface area contributed by atoms with Crippen LogP contribution in [0.5, 0.6) is 5.75 Å². The Morgan fingerprint density at radius 1 is 1.05 bits per heavy atom. The van der Waals surface area contributed by atoms with Crippen LogP contribution in [0.3, 0.4) is 0 Å². The fraction of sp³-hybridized carbons (Fsp3) is 0.367. The summed E-state index contributed by atoms with van der Waals surface area (Å²) in [5.41, 5.74) is -0.971. The van der Waals surface area contributed by atoms with Crippen LogP contribution in [0.25, 0.3) is 11.1 Å². The molecule has 0 unspecified atom stereocenters. The molecular weight excluding hydrogens is 556 g/mol. The number of H-pyrrole nitrogens is 1. The van der Waals surface area contributed by atoms with Gasteiger partial charge in [0.05, 0.1) is 18.6 Å². The summed E-state index contributed by atoms with van der Waals surface area (Å²) in [5, 5.41) is 2.40. The van der Waals surface area contributed by atoms with Gasteiger partial charge >= 0.3 is 6.18 Å². The van der Waals surface area contributed by atoms with Crippen LogP contribution in [0.4, 0.5) is 23.2 Å². The summed E-state index contributed by atoms with van der Waals surface area (Å²) in [6.45, 7) is 4.62. The lowest BCUT2D eigenvalue weighted by molar-refractivity contribution is -0.137. The SMILES string of the molecule is CCOc1cc(=O)[nH]cc1-c1ccc(CC(=O)Nc2cc(C(=O)N3C[C@H]4CN(C)C[C@H]4C3)cc(C(F)(F)F)c2)c(F)c1. The first kappa shape index (κ1) is 29.3. The highest BCUT2D eigenvalue weighted by Gasteiger charge is 2.41. The molecule has 222 valence electrons. The zero-order valence-electron chi connectivity index (χ0n) is 23.1. The number of amides is 2. The van der Waals surface area contributed by atoms with Crippen molar-refractivity contribution in [3.05, 3.63) is 81.5 Å². The maximum Gasteiger partial charge on any atom is 0.416 e. The van der Waals surface area contributed by atoms with Gasteiger partial charge in [-0.2, -0.15) is 13.2 Å². The van der Waals surface area contributed by atoms with Gasteiger partial charge in [-0.15, -0.1) is 0 Å². The van der Waals surface area contributed by atoms with Crippen molar-refractivity contribution >= 4 is 17.5 Å². The molecule has 2 N–H and O–H groups in total. The Hall–Kier alpha value is -4.19. The number of hydrogen-bond acceptors (Lipinski definition) is 5. The summed E-state index contributed by atoms with van der Waals surface area (Å²) in [5.74, 6) is -1.17. The second-order valence-corrected chi connectivity index (χ2v) is 10.8. The lowest BCUT2D eigenvalue weighted by atomic mass is 10.0. The number of carbonyl (C=O) groups is 2. The normalized spacial score (nSPS) is 18.7. The van der Waals surface area contributed by atoms with Crippen LogP contribution in [0.2, 0.25) is 0 Å². The number of aromatic amines is 1. The standard InChI is InChI=1S/C30H30F4N4O4/c1-3-42-26-11-27(39)35-12-24(26)17-4-5-18(25(31)8-17)9-28(40)36-23-7-19(6-22(10-23)30(32,33)34)29(41)38-15-20-13-37(2)14-21(20)16-38/h4-8,10-12,20-21H,3,9,13-16H2,1-2H3,(H,35,39)(H,36,40)/t20-,21+. The Morgan fingerprint density at radius 2 is 1.76 bits per heavy atom. The average molecular weight is 587 g/mol. The highest BCUT2D eigenvalue weighted by molar-refractivity contribution is 5.98. The van der Waals surface area contributed by atoms with Gasteiger partial charge in [-0.3, -0.25) is 14.4 Å². The number of hydrogen-bond donors (Lipinski definition) is 2. The van der Waals surface area contributed by atoms with Crippen LogP contribution >= 0.6 is 0 Å². The molecule has 0 aliphatic carbocycles. The van der Waals surface area contributed by atoms with Crippen LogP contribution in [-0.4, -0.2) is 66.4 Å². The van der Waals surface area contributed by atoms with Crippen molar-refractivity contribution in [1.29, 1.82) is 0 Å². The second-order valence-electron chi connectivity index (χ2n) is 10.8. The molecule has 2 aliphatic heterocycles. The molecule has 1 aromatic heterocycles. The summed E-state index contributed by atoms with van der Waals surface area (Å²) in [7, 11) is 2.00. The minimum absolute atomic E-state index is 0.00971. The number of nitrogens with zero attached hydrogens (tertiary/aromatic N) is 2. The summed E-state index contributed by atoms with van der Waals surface area (Å²) < 4.78 is 61.6.